The molecule has 1 heterocycles. The van der Waals surface area contributed by atoms with Crippen LogP contribution in [0.4, 0.5) is 13.2 Å². The molecule has 26 heavy (non-hydrogen) atoms. The van der Waals surface area contributed by atoms with E-state index < -0.39 is 11.7 Å². The van der Waals surface area contributed by atoms with Crippen molar-refractivity contribution in [1.82, 2.24) is 10.2 Å². The van der Waals surface area contributed by atoms with Gasteiger partial charge in [-0.1, -0.05) is 36.0 Å². The Bertz CT molecular complexity index is 863. The summed E-state index contributed by atoms with van der Waals surface area (Å²) in [7, 11) is 0. The van der Waals surface area contributed by atoms with Crippen molar-refractivity contribution in [1.29, 1.82) is 0 Å². The van der Waals surface area contributed by atoms with E-state index in [0.717, 1.165) is 17.7 Å². The van der Waals surface area contributed by atoms with Crippen LogP contribution in [0, 0.1) is 0 Å². The smallest absolute Gasteiger partial charge is 0.416 e. The van der Waals surface area contributed by atoms with Gasteiger partial charge in [0.15, 0.2) is 0 Å². The molecule has 4 nitrogen and oxygen atoms in total. The fourth-order valence-corrected chi connectivity index (χ4v) is 2.96. The molecule has 1 aromatic heterocycles. The quantitative estimate of drug-likeness (QED) is 0.533. The Morgan fingerprint density at radius 3 is 2.46 bits per heavy atom. The number of thioether (sulfide) groups is 1. The molecule has 0 aliphatic rings. The zero-order valence-electron chi connectivity index (χ0n) is 13.8. The zero-order valence-corrected chi connectivity index (χ0v) is 14.6. The van der Waals surface area contributed by atoms with Crippen LogP contribution in [-0.4, -0.2) is 16.8 Å². The third-order valence-corrected chi connectivity index (χ3v) is 4.36. The molecule has 0 radical (unpaired) electrons. The van der Waals surface area contributed by atoms with Crippen molar-refractivity contribution in [2.75, 3.05) is 6.61 Å². The molecule has 0 aliphatic carbocycles. The predicted octanol–water partition coefficient (Wildman–Crippen LogP) is 5.45. The SMILES string of the molecule is CCOc1ccccc1-c1nnc(SCc2ccc(C(F)(F)F)cc2)o1. The summed E-state index contributed by atoms with van der Waals surface area (Å²) in [4.78, 5) is 0. The molecule has 8 heteroatoms. The number of ether oxygens (including phenoxy) is 1. The molecule has 0 spiro atoms. The second-order valence-corrected chi connectivity index (χ2v) is 6.21. The Hall–Kier alpha value is -2.48. The Morgan fingerprint density at radius 2 is 1.77 bits per heavy atom. The number of para-hydroxylation sites is 1. The van der Waals surface area contributed by atoms with Crippen molar-refractivity contribution in [3.05, 3.63) is 59.7 Å². The lowest BCUT2D eigenvalue weighted by Gasteiger charge is -2.07. The van der Waals surface area contributed by atoms with Crippen LogP contribution >= 0.6 is 11.8 Å². The Labute approximate surface area is 152 Å². The summed E-state index contributed by atoms with van der Waals surface area (Å²) < 4.78 is 48.9. The van der Waals surface area contributed by atoms with Crippen molar-refractivity contribution in [2.45, 2.75) is 24.1 Å². The van der Waals surface area contributed by atoms with E-state index in [1.807, 2.05) is 31.2 Å². The molecular weight excluding hydrogens is 365 g/mol. The van der Waals surface area contributed by atoms with E-state index in [1.54, 1.807) is 0 Å². The van der Waals surface area contributed by atoms with Crippen LogP contribution in [0.5, 0.6) is 5.75 Å². The molecule has 0 amide bonds. The standard InChI is InChI=1S/C18H15F3N2O2S/c1-2-24-15-6-4-3-5-14(15)16-22-23-17(25-16)26-11-12-7-9-13(10-8-12)18(19,20)21/h3-10H,2,11H2,1H3. The van der Waals surface area contributed by atoms with Crippen molar-refractivity contribution in [3.8, 4) is 17.2 Å². The van der Waals surface area contributed by atoms with Crippen LogP contribution in [0.25, 0.3) is 11.5 Å². The topological polar surface area (TPSA) is 48.2 Å². The van der Waals surface area contributed by atoms with Gasteiger partial charge in [0.05, 0.1) is 17.7 Å². The number of hydrogen-bond acceptors (Lipinski definition) is 5. The summed E-state index contributed by atoms with van der Waals surface area (Å²) in [6, 6.07) is 12.3. The van der Waals surface area contributed by atoms with E-state index in [2.05, 4.69) is 10.2 Å². The average molecular weight is 380 g/mol. The molecule has 3 rings (SSSR count). The largest absolute Gasteiger partial charge is 0.493 e. The predicted molar refractivity (Wildman–Crippen MR) is 91.9 cm³/mol. The number of nitrogens with zero attached hydrogens (tertiary/aromatic N) is 2. The molecule has 0 fully saturated rings. The fourth-order valence-electron chi connectivity index (χ4n) is 2.24. The van der Waals surface area contributed by atoms with E-state index in [-0.39, 0.29) is 0 Å². The molecular formula is C18H15F3N2O2S. The minimum absolute atomic E-state index is 0.337. The van der Waals surface area contributed by atoms with Crippen LogP contribution < -0.4 is 4.74 Å². The van der Waals surface area contributed by atoms with Gasteiger partial charge in [-0.05, 0) is 36.8 Å². The Morgan fingerprint density at radius 1 is 1.04 bits per heavy atom. The monoisotopic (exact) mass is 380 g/mol. The molecule has 0 unspecified atom stereocenters. The first kappa shape index (κ1) is 18.3. The van der Waals surface area contributed by atoms with Gasteiger partial charge in [0.2, 0.25) is 0 Å². The van der Waals surface area contributed by atoms with E-state index in [0.29, 0.717) is 34.8 Å². The zero-order chi connectivity index (χ0) is 18.6. The molecule has 0 saturated carbocycles. The second-order valence-electron chi connectivity index (χ2n) is 5.29. The van der Waals surface area contributed by atoms with Crippen molar-refractivity contribution < 1.29 is 22.3 Å². The normalized spacial score (nSPS) is 11.5. The second kappa shape index (κ2) is 7.82. The van der Waals surface area contributed by atoms with E-state index in [1.165, 1.54) is 23.9 Å². The lowest BCUT2D eigenvalue weighted by atomic mass is 10.1. The summed E-state index contributed by atoms with van der Waals surface area (Å²) in [5.41, 5.74) is 0.763. The van der Waals surface area contributed by atoms with Crippen LogP contribution in [0.2, 0.25) is 0 Å². The minimum Gasteiger partial charge on any atom is -0.493 e. The summed E-state index contributed by atoms with van der Waals surface area (Å²) in [5.74, 6) is 1.41. The third kappa shape index (κ3) is 4.37. The highest BCUT2D eigenvalue weighted by atomic mass is 32.2. The third-order valence-electron chi connectivity index (χ3n) is 3.47. The van der Waals surface area contributed by atoms with Crippen LogP contribution in [0.3, 0.4) is 0 Å². The van der Waals surface area contributed by atoms with E-state index >= 15 is 0 Å². The highest BCUT2D eigenvalue weighted by Crippen LogP contribution is 2.32. The molecule has 0 atom stereocenters. The summed E-state index contributed by atoms with van der Waals surface area (Å²) in [6.07, 6.45) is -4.33. The number of aromatic nitrogens is 2. The van der Waals surface area contributed by atoms with Gasteiger partial charge in [-0.15, -0.1) is 10.2 Å². The summed E-state index contributed by atoms with van der Waals surface area (Å²) >= 11 is 1.26. The maximum atomic E-state index is 12.6. The average Bonchev–Trinajstić information content (AvgIpc) is 3.09. The number of hydrogen-bond donors (Lipinski definition) is 0. The summed E-state index contributed by atoms with van der Waals surface area (Å²) in [5, 5.41) is 8.34. The van der Waals surface area contributed by atoms with E-state index in [4.69, 9.17) is 9.15 Å². The highest BCUT2D eigenvalue weighted by molar-refractivity contribution is 7.98. The van der Waals surface area contributed by atoms with Crippen molar-refractivity contribution >= 4 is 11.8 Å². The van der Waals surface area contributed by atoms with Gasteiger partial charge < -0.3 is 9.15 Å². The maximum absolute atomic E-state index is 12.6. The van der Waals surface area contributed by atoms with Crippen molar-refractivity contribution in [3.63, 3.8) is 0 Å². The van der Waals surface area contributed by atoms with Crippen molar-refractivity contribution in [2.24, 2.45) is 0 Å². The highest BCUT2D eigenvalue weighted by Gasteiger charge is 2.29. The van der Waals surface area contributed by atoms with Gasteiger partial charge in [-0.3, -0.25) is 0 Å². The van der Waals surface area contributed by atoms with Gasteiger partial charge in [0, 0.05) is 5.75 Å². The lowest BCUT2D eigenvalue weighted by molar-refractivity contribution is -0.137. The first-order valence-electron chi connectivity index (χ1n) is 7.82. The van der Waals surface area contributed by atoms with Crippen LogP contribution in [-0.2, 0) is 11.9 Å². The summed E-state index contributed by atoms with van der Waals surface area (Å²) in [6.45, 7) is 2.40. The number of rotatable bonds is 6. The number of alkyl halides is 3. The first-order chi connectivity index (χ1) is 12.5. The molecule has 0 saturated heterocycles. The van der Waals surface area contributed by atoms with Crippen LogP contribution in [0.1, 0.15) is 18.1 Å². The number of halogens is 3. The first-order valence-corrected chi connectivity index (χ1v) is 8.80. The molecule has 2 aromatic carbocycles. The van der Waals surface area contributed by atoms with Gasteiger partial charge in [0.1, 0.15) is 5.75 Å². The van der Waals surface area contributed by atoms with Gasteiger partial charge in [-0.25, -0.2) is 0 Å². The van der Waals surface area contributed by atoms with Gasteiger partial charge in [0.25, 0.3) is 11.1 Å². The Kier molecular flexibility index (Phi) is 5.51. The Balaban J connectivity index is 1.68. The maximum Gasteiger partial charge on any atom is 0.416 e. The molecule has 3 aromatic rings. The number of benzene rings is 2. The molecule has 0 bridgehead atoms. The van der Waals surface area contributed by atoms with E-state index in [9.17, 15) is 13.2 Å². The van der Waals surface area contributed by atoms with Gasteiger partial charge in [-0.2, -0.15) is 13.2 Å². The van der Waals surface area contributed by atoms with Crippen LogP contribution in [0.15, 0.2) is 58.2 Å². The molecule has 0 N–H and O–H groups in total. The van der Waals surface area contributed by atoms with Gasteiger partial charge >= 0.3 is 6.18 Å². The molecule has 136 valence electrons. The lowest BCUT2D eigenvalue weighted by Crippen LogP contribution is -2.04. The molecule has 0 aliphatic heterocycles. The fraction of sp³-hybridized carbons (Fsp3) is 0.222. The minimum atomic E-state index is -4.33.